The Balaban J connectivity index is 1.13. The first kappa shape index (κ1) is 28.9. The predicted octanol–water partition coefficient (Wildman–Crippen LogP) is 13.4. The number of hydrogen-bond acceptors (Lipinski definition) is 1. The summed E-state index contributed by atoms with van der Waals surface area (Å²) in [6, 6.07) is 63.5. The van der Waals surface area contributed by atoms with E-state index in [9.17, 15) is 0 Å². The molecule has 0 bridgehead atoms. The summed E-state index contributed by atoms with van der Waals surface area (Å²) in [5.41, 5.74) is 14.8. The first-order valence-corrected chi connectivity index (χ1v) is 17.9. The van der Waals surface area contributed by atoms with Crippen LogP contribution in [-0.2, 0) is 0 Å². The van der Waals surface area contributed by atoms with Crippen LogP contribution < -0.4 is 0 Å². The maximum atomic E-state index is 6.58. The van der Waals surface area contributed by atoms with Gasteiger partial charge in [-0.2, -0.15) is 0 Å². The lowest BCUT2D eigenvalue weighted by Crippen LogP contribution is -1.99. The zero-order valence-electron chi connectivity index (χ0n) is 28.5. The third-order valence-corrected chi connectivity index (χ3v) is 10.9. The molecule has 0 atom stereocenters. The Kier molecular flexibility index (Phi) is 6.17. The summed E-state index contributed by atoms with van der Waals surface area (Å²) < 4.78 is 11.4. The average molecular weight is 665 g/mol. The number of nitrogens with zero attached hydrogens (tertiary/aromatic N) is 2. The molecule has 3 heterocycles. The van der Waals surface area contributed by atoms with Crippen LogP contribution in [0.2, 0.25) is 0 Å². The van der Waals surface area contributed by atoms with Crippen molar-refractivity contribution in [3.8, 4) is 33.6 Å². The van der Waals surface area contributed by atoms with E-state index < -0.39 is 0 Å². The molecular weight excluding hydrogens is 633 g/mol. The van der Waals surface area contributed by atoms with Gasteiger partial charge in [0.1, 0.15) is 11.2 Å². The van der Waals surface area contributed by atoms with Crippen LogP contribution in [-0.4, -0.2) is 9.13 Å². The lowest BCUT2D eigenvalue weighted by atomic mass is 9.96. The number of furan rings is 1. The Morgan fingerprint density at radius 1 is 0.404 bits per heavy atom. The Bertz CT molecular complexity index is 3190. The third-order valence-electron chi connectivity index (χ3n) is 10.9. The molecule has 0 spiro atoms. The van der Waals surface area contributed by atoms with Crippen molar-refractivity contribution in [2.24, 2.45) is 0 Å². The van der Waals surface area contributed by atoms with Gasteiger partial charge in [0.2, 0.25) is 0 Å². The third kappa shape index (κ3) is 4.14. The van der Waals surface area contributed by atoms with Crippen molar-refractivity contribution in [2.45, 2.75) is 6.92 Å². The summed E-state index contributed by atoms with van der Waals surface area (Å²) in [6.45, 7) is 2.21. The molecule has 0 radical (unpaired) electrons. The summed E-state index contributed by atoms with van der Waals surface area (Å²) in [7, 11) is 0. The van der Waals surface area contributed by atoms with Crippen LogP contribution in [0.1, 0.15) is 5.56 Å². The monoisotopic (exact) mass is 664 g/mol. The van der Waals surface area contributed by atoms with Gasteiger partial charge in [-0.1, -0.05) is 115 Å². The lowest BCUT2D eigenvalue weighted by molar-refractivity contribution is 0.670. The van der Waals surface area contributed by atoms with Gasteiger partial charge in [0, 0.05) is 49.1 Å². The molecule has 0 saturated heterocycles. The van der Waals surface area contributed by atoms with Gasteiger partial charge in [-0.05, 0) is 84.3 Å². The quantitative estimate of drug-likeness (QED) is 0.184. The number of aryl methyl sites for hydroxylation is 1. The van der Waals surface area contributed by atoms with Crippen molar-refractivity contribution in [3.63, 3.8) is 0 Å². The van der Waals surface area contributed by atoms with Crippen LogP contribution in [0.15, 0.2) is 180 Å². The second-order valence-electron chi connectivity index (χ2n) is 13.8. The van der Waals surface area contributed by atoms with E-state index in [1.807, 2.05) is 6.07 Å². The molecule has 52 heavy (non-hydrogen) atoms. The number of aromatic nitrogens is 2. The topological polar surface area (TPSA) is 23.0 Å². The highest BCUT2D eigenvalue weighted by molar-refractivity contribution is 6.14. The van der Waals surface area contributed by atoms with E-state index in [1.54, 1.807) is 0 Å². The number of benzene rings is 8. The van der Waals surface area contributed by atoms with Crippen molar-refractivity contribution in [3.05, 3.63) is 181 Å². The van der Waals surface area contributed by atoms with E-state index in [1.165, 1.54) is 71.6 Å². The molecule has 0 aliphatic carbocycles. The number of hydrogen-bond donors (Lipinski definition) is 0. The Hall–Kier alpha value is -6.84. The van der Waals surface area contributed by atoms with Crippen LogP contribution in [0.4, 0.5) is 0 Å². The van der Waals surface area contributed by atoms with Gasteiger partial charge in [0.05, 0.1) is 27.8 Å². The smallest absolute Gasteiger partial charge is 0.143 e. The predicted molar refractivity (Wildman–Crippen MR) is 218 cm³/mol. The average Bonchev–Trinajstić information content (AvgIpc) is 3.85. The Labute approximate surface area is 300 Å². The molecule has 3 heteroatoms. The molecular formula is C49H32N2O. The SMILES string of the molecule is Cc1cccc(-n2c3ccccc3c3cc(-c4ccc5c(c4)c4ccccc4n5-c4ccccc4)ccc32)c1-c1cccc2c1oc1ccccc12. The lowest BCUT2D eigenvalue weighted by Gasteiger charge is -2.17. The minimum atomic E-state index is 0.910. The maximum absolute atomic E-state index is 6.58. The number of para-hydroxylation sites is 5. The molecule has 3 nitrogen and oxygen atoms in total. The van der Waals surface area contributed by atoms with Crippen LogP contribution in [0.3, 0.4) is 0 Å². The molecule has 0 aliphatic rings. The van der Waals surface area contributed by atoms with Gasteiger partial charge in [0.25, 0.3) is 0 Å². The van der Waals surface area contributed by atoms with E-state index in [-0.39, 0.29) is 0 Å². The highest BCUT2D eigenvalue weighted by Crippen LogP contribution is 2.43. The molecule has 0 aliphatic heterocycles. The van der Waals surface area contributed by atoms with E-state index in [2.05, 4.69) is 186 Å². The van der Waals surface area contributed by atoms with Crippen LogP contribution in [0.25, 0.3) is 99.2 Å². The zero-order chi connectivity index (χ0) is 34.3. The van der Waals surface area contributed by atoms with Crippen molar-refractivity contribution in [1.29, 1.82) is 0 Å². The molecule has 11 aromatic rings. The van der Waals surface area contributed by atoms with Gasteiger partial charge >= 0.3 is 0 Å². The number of fused-ring (bicyclic) bond motifs is 9. The normalized spacial score (nSPS) is 11.9. The molecule has 8 aromatic carbocycles. The van der Waals surface area contributed by atoms with Crippen LogP contribution in [0, 0.1) is 6.92 Å². The van der Waals surface area contributed by atoms with E-state index in [0.29, 0.717) is 0 Å². The minimum Gasteiger partial charge on any atom is -0.455 e. The fourth-order valence-electron chi connectivity index (χ4n) is 8.55. The van der Waals surface area contributed by atoms with Crippen molar-refractivity contribution in [2.75, 3.05) is 0 Å². The largest absolute Gasteiger partial charge is 0.455 e. The van der Waals surface area contributed by atoms with Gasteiger partial charge in [-0.3, -0.25) is 0 Å². The number of rotatable bonds is 4. The summed E-state index contributed by atoms with van der Waals surface area (Å²) >= 11 is 0. The molecule has 0 unspecified atom stereocenters. The minimum absolute atomic E-state index is 0.910. The highest BCUT2D eigenvalue weighted by atomic mass is 16.3. The standard InChI is InChI=1S/C49H32N2O/c1-31-13-11-23-46(48(31)39-20-12-19-38-37-18-7-10-24-47(37)52-49(38)39)51-43-22-9-6-17-36(43)41-30-33(26-28-45(41)51)32-25-27-44-40(29-32)35-16-5-8-21-42(35)50(44)34-14-3-2-4-15-34/h2-30H,1H3. The summed E-state index contributed by atoms with van der Waals surface area (Å²) in [6.07, 6.45) is 0. The fourth-order valence-corrected chi connectivity index (χ4v) is 8.55. The second-order valence-corrected chi connectivity index (χ2v) is 13.8. The molecule has 0 N–H and O–H groups in total. The van der Waals surface area contributed by atoms with Gasteiger partial charge < -0.3 is 13.6 Å². The Morgan fingerprint density at radius 3 is 1.69 bits per heavy atom. The summed E-state index contributed by atoms with van der Waals surface area (Å²) in [4.78, 5) is 0. The first-order valence-electron chi connectivity index (χ1n) is 17.9. The van der Waals surface area contributed by atoms with Crippen molar-refractivity contribution >= 4 is 65.6 Å². The molecule has 3 aromatic heterocycles. The van der Waals surface area contributed by atoms with Crippen LogP contribution in [0.5, 0.6) is 0 Å². The summed E-state index contributed by atoms with van der Waals surface area (Å²) in [5, 5.41) is 7.25. The summed E-state index contributed by atoms with van der Waals surface area (Å²) in [5.74, 6) is 0. The zero-order valence-corrected chi connectivity index (χ0v) is 28.5. The molecule has 0 saturated carbocycles. The highest BCUT2D eigenvalue weighted by Gasteiger charge is 2.21. The Morgan fingerprint density at radius 2 is 0.962 bits per heavy atom. The first-order chi connectivity index (χ1) is 25.7. The molecule has 0 amide bonds. The molecule has 244 valence electrons. The second kappa shape index (κ2) is 11.1. The molecule has 11 rings (SSSR count). The van der Waals surface area contributed by atoms with Crippen molar-refractivity contribution < 1.29 is 4.42 Å². The van der Waals surface area contributed by atoms with E-state index in [4.69, 9.17) is 4.42 Å². The van der Waals surface area contributed by atoms with E-state index in [0.717, 1.165) is 33.2 Å². The van der Waals surface area contributed by atoms with Crippen LogP contribution >= 0.6 is 0 Å². The fraction of sp³-hybridized carbons (Fsp3) is 0.0204. The molecule has 0 fully saturated rings. The van der Waals surface area contributed by atoms with Gasteiger partial charge in [0.15, 0.2) is 0 Å². The van der Waals surface area contributed by atoms with Gasteiger partial charge in [-0.25, -0.2) is 0 Å². The van der Waals surface area contributed by atoms with Gasteiger partial charge in [-0.15, -0.1) is 0 Å². The van der Waals surface area contributed by atoms with E-state index >= 15 is 0 Å². The maximum Gasteiger partial charge on any atom is 0.143 e. The van der Waals surface area contributed by atoms with Crippen molar-refractivity contribution in [1.82, 2.24) is 9.13 Å².